The Kier molecular flexibility index (Phi) is 2.96. The first-order chi connectivity index (χ1) is 8.25. The normalized spacial score (nSPS) is 27.0. The SMILES string of the molecule is CC(C)CC1NCc2cccc3c2C1CCC3. The lowest BCUT2D eigenvalue weighted by atomic mass is 9.73. The van der Waals surface area contributed by atoms with Crippen molar-refractivity contribution in [2.75, 3.05) is 0 Å². The fourth-order valence-electron chi connectivity index (χ4n) is 3.71. The van der Waals surface area contributed by atoms with Crippen molar-refractivity contribution in [3.63, 3.8) is 0 Å². The molecule has 1 aromatic rings. The number of aryl methyl sites for hydroxylation is 1. The van der Waals surface area contributed by atoms with Gasteiger partial charge in [-0.3, -0.25) is 0 Å². The molecule has 2 atom stereocenters. The van der Waals surface area contributed by atoms with Gasteiger partial charge in [-0.1, -0.05) is 32.0 Å². The Balaban J connectivity index is 1.96. The fourth-order valence-corrected chi connectivity index (χ4v) is 3.71. The Labute approximate surface area is 105 Å². The van der Waals surface area contributed by atoms with E-state index in [0.29, 0.717) is 6.04 Å². The highest BCUT2D eigenvalue weighted by atomic mass is 14.9. The van der Waals surface area contributed by atoms with E-state index in [2.05, 4.69) is 37.4 Å². The van der Waals surface area contributed by atoms with E-state index in [9.17, 15) is 0 Å². The summed E-state index contributed by atoms with van der Waals surface area (Å²) in [4.78, 5) is 0. The van der Waals surface area contributed by atoms with Crippen LogP contribution in [-0.4, -0.2) is 6.04 Å². The summed E-state index contributed by atoms with van der Waals surface area (Å²) in [7, 11) is 0. The highest BCUT2D eigenvalue weighted by Gasteiger charge is 2.32. The average Bonchev–Trinajstić information content (AvgIpc) is 2.33. The number of hydrogen-bond donors (Lipinski definition) is 1. The van der Waals surface area contributed by atoms with Crippen molar-refractivity contribution >= 4 is 0 Å². The van der Waals surface area contributed by atoms with Crippen LogP contribution in [0.5, 0.6) is 0 Å². The Bertz CT molecular complexity index is 394. The summed E-state index contributed by atoms with van der Waals surface area (Å²) in [5.41, 5.74) is 4.91. The van der Waals surface area contributed by atoms with Crippen molar-refractivity contribution in [2.24, 2.45) is 5.92 Å². The molecule has 3 rings (SSSR count). The maximum absolute atomic E-state index is 3.77. The second-order valence-electron chi connectivity index (χ2n) is 6.11. The standard InChI is InChI=1S/C16H23N/c1-11(2)9-15-14-8-4-6-12-5-3-7-13(10-17-15)16(12)14/h3,5,7,11,14-15,17H,4,6,8-10H2,1-2H3. The van der Waals surface area contributed by atoms with Crippen LogP contribution < -0.4 is 5.32 Å². The van der Waals surface area contributed by atoms with Gasteiger partial charge in [0.25, 0.3) is 0 Å². The molecule has 0 bridgehead atoms. The summed E-state index contributed by atoms with van der Waals surface area (Å²) in [5, 5.41) is 3.77. The van der Waals surface area contributed by atoms with E-state index < -0.39 is 0 Å². The van der Waals surface area contributed by atoms with Crippen molar-refractivity contribution in [3.05, 3.63) is 34.9 Å². The van der Waals surface area contributed by atoms with Gasteiger partial charge < -0.3 is 5.32 Å². The zero-order chi connectivity index (χ0) is 11.8. The largest absolute Gasteiger partial charge is 0.309 e. The van der Waals surface area contributed by atoms with Crippen molar-refractivity contribution in [3.8, 4) is 0 Å². The first kappa shape index (κ1) is 11.3. The molecule has 1 N–H and O–H groups in total. The average molecular weight is 229 g/mol. The predicted octanol–water partition coefficient (Wildman–Crippen LogP) is 3.62. The Morgan fingerprint density at radius 1 is 1.29 bits per heavy atom. The van der Waals surface area contributed by atoms with E-state index in [1.807, 2.05) is 0 Å². The van der Waals surface area contributed by atoms with Gasteiger partial charge in [-0.15, -0.1) is 0 Å². The number of rotatable bonds is 2. The van der Waals surface area contributed by atoms with E-state index in [1.54, 1.807) is 16.7 Å². The summed E-state index contributed by atoms with van der Waals surface area (Å²) in [5.74, 6) is 1.58. The van der Waals surface area contributed by atoms with Gasteiger partial charge in [0, 0.05) is 12.6 Å². The van der Waals surface area contributed by atoms with Crippen LogP contribution in [0.3, 0.4) is 0 Å². The molecule has 0 saturated carbocycles. The lowest BCUT2D eigenvalue weighted by molar-refractivity contribution is 0.317. The summed E-state index contributed by atoms with van der Waals surface area (Å²) >= 11 is 0. The third kappa shape index (κ3) is 2.01. The molecule has 1 heterocycles. The lowest BCUT2D eigenvalue weighted by Gasteiger charge is -2.39. The molecule has 2 unspecified atom stereocenters. The lowest BCUT2D eigenvalue weighted by Crippen LogP contribution is -2.41. The van der Waals surface area contributed by atoms with E-state index >= 15 is 0 Å². The number of benzene rings is 1. The molecular weight excluding hydrogens is 206 g/mol. The molecule has 2 aliphatic rings. The van der Waals surface area contributed by atoms with Crippen LogP contribution in [-0.2, 0) is 13.0 Å². The van der Waals surface area contributed by atoms with Gasteiger partial charge in [0.05, 0.1) is 0 Å². The van der Waals surface area contributed by atoms with Crippen LogP contribution in [0.25, 0.3) is 0 Å². The van der Waals surface area contributed by atoms with Crippen LogP contribution in [0.2, 0.25) is 0 Å². The highest BCUT2D eigenvalue weighted by molar-refractivity contribution is 5.42. The molecule has 92 valence electrons. The minimum absolute atomic E-state index is 0.712. The van der Waals surface area contributed by atoms with Crippen LogP contribution in [0.4, 0.5) is 0 Å². The minimum atomic E-state index is 0.712. The quantitative estimate of drug-likeness (QED) is 0.816. The summed E-state index contributed by atoms with van der Waals surface area (Å²) in [6, 6.07) is 7.61. The molecule has 0 fully saturated rings. The Morgan fingerprint density at radius 3 is 2.94 bits per heavy atom. The Hall–Kier alpha value is -0.820. The molecule has 0 aromatic heterocycles. The summed E-state index contributed by atoms with van der Waals surface area (Å²) < 4.78 is 0. The molecular formula is C16H23N. The van der Waals surface area contributed by atoms with Gasteiger partial charge in [-0.05, 0) is 54.2 Å². The monoisotopic (exact) mass is 229 g/mol. The van der Waals surface area contributed by atoms with Gasteiger partial charge >= 0.3 is 0 Å². The second-order valence-corrected chi connectivity index (χ2v) is 6.11. The van der Waals surface area contributed by atoms with Crippen molar-refractivity contribution in [1.29, 1.82) is 0 Å². The summed E-state index contributed by atoms with van der Waals surface area (Å²) in [6.45, 7) is 5.76. The maximum atomic E-state index is 3.77. The molecule has 1 aliphatic carbocycles. The maximum Gasteiger partial charge on any atom is 0.0211 e. The Morgan fingerprint density at radius 2 is 2.12 bits per heavy atom. The third-order valence-corrected chi connectivity index (χ3v) is 4.38. The van der Waals surface area contributed by atoms with Crippen LogP contribution in [0, 0.1) is 5.92 Å². The fraction of sp³-hybridized carbons (Fsp3) is 0.625. The molecule has 1 nitrogen and oxygen atoms in total. The van der Waals surface area contributed by atoms with Gasteiger partial charge in [0.2, 0.25) is 0 Å². The highest BCUT2D eigenvalue weighted by Crippen LogP contribution is 2.40. The minimum Gasteiger partial charge on any atom is -0.309 e. The predicted molar refractivity (Wildman–Crippen MR) is 72.2 cm³/mol. The first-order valence-electron chi connectivity index (χ1n) is 7.09. The summed E-state index contributed by atoms with van der Waals surface area (Å²) in [6.07, 6.45) is 5.37. The van der Waals surface area contributed by atoms with Gasteiger partial charge in [0.15, 0.2) is 0 Å². The van der Waals surface area contributed by atoms with E-state index in [4.69, 9.17) is 0 Å². The van der Waals surface area contributed by atoms with Crippen LogP contribution >= 0.6 is 0 Å². The van der Waals surface area contributed by atoms with Crippen molar-refractivity contribution in [2.45, 2.75) is 58.0 Å². The molecule has 0 amide bonds. The molecule has 1 aromatic carbocycles. The van der Waals surface area contributed by atoms with Gasteiger partial charge in [-0.2, -0.15) is 0 Å². The topological polar surface area (TPSA) is 12.0 Å². The van der Waals surface area contributed by atoms with E-state index in [1.165, 1.54) is 25.7 Å². The zero-order valence-electron chi connectivity index (χ0n) is 11.0. The van der Waals surface area contributed by atoms with Crippen LogP contribution in [0.1, 0.15) is 55.7 Å². The molecule has 17 heavy (non-hydrogen) atoms. The first-order valence-corrected chi connectivity index (χ1v) is 7.09. The molecule has 0 radical (unpaired) electrons. The number of hydrogen-bond acceptors (Lipinski definition) is 1. The third-order valence-electron chi connectivity index (χ3n) is 4.38. The number of nitrogens with one attached hydrogen (secondary N) is 1. The molecule has 1 heteroatoms. The van der Waals surface area contributed by atoms with Gasteiger partial charge in [-0.25, -0.2) is 0 Å². The zero-order valence-corrected chi connectivity index (χ0v) is 11.0. The van der Waals surface area contributed by atoms with Crippen molar-refractivity contribution in [1.82, 2.24) is 5.32 Å². The molecule has 0 saturated heterocycles. The molecule has 1 aliphatic heterocycles. The molecule has 0 spiro atoms. The van der Waals surface area contributed by atoms with E-state index in [0.717, 1.165) is 18.4 Å². The van der Waals surface area contributed by atoms with E-state index in [-0.39, 0.29) is 0 Å². The van der Waals surface area contributed by atoms with Gasteiger partial charge in [0.1, 0.15) is 0 Å². The van der Waals surface area contributed by atoms with Crippen LogP contribution in [0.15, 0.2) is 18.2 Å². The smallest absolute Gasteiger partial charge is 0.0211 e. The van der Waals surface area contributed by atoms with Crippen molar-refractivity contribution < 1.29 is 0 Å². The second kappa shape index (κ2) is 4.45.